The van der Waals surface area contributed by atoms with Crippen molar-refractivity contribution in [2.24, 2.45) is 0 Å². The molecule has 1 N–H and O–H groups in total. The number of amides is 1. The minimum Gasteiger partial charge on any atom is -0.368 e. The third-order valence-corrected chi connectivity index (χ3v) is 8.47. The summed E-state index contributed by atoms with van der Waals surface area (Å²) in [7, 11) is -3.72. The van der Waals surface area contributed by atoms with Gasteiger partial charge in [0.25, 0.3) is 10.0 Å². The summed E-state index contributed by atoms with van der Waals surface area (Å²) in [6, 6.07) is 14.0. The average molecular weight is 531 g/mol. The molecule has 0 bridgehead atoms. The average Bonchev–Trinajstić information content (AvgIpc) is 3.52. The second-order valence-corrected chi connectivity index (χ2v) is 11.2. The molecular weight excluding hydrogens is 508 g/mol. The standard InChI is InChI=1S/C23H23ClN6O3S2/c1-16(30-9-8-17-2-3-18(24)14-21(17)30)22(31)29-12-10-28(11-13-29)19-4-6-20(7-5-19)35(32,33)27-23-26-25-15-34-23/h2-9,14-16H,10-13H2,1H3,(H,26,27)/t16-/m1/s1. The maximum Gasteiger partial charge on any atom is 0.263 e. The van der Waals surface area contributed by atoms with Gasteiger partial charge in [-0.1, -0.05) is 29.0 Å². The number of hydrogen-bond acceptors (Lipinski definition) is 7. The fourth-order valence-electron chi connectivity index (χ4n) is 4.26. The van der Waals surface area contributed by atoms with E-state index in [0.717, 1.165) is 27.9 Å². The molecule has 9 nitrogen and oxygen atoms in total. The fourth-order valence-corrected chi connectivity index (χ4v) is 6.12. The van der Waals surface area contributed by atoms with Crippen LogP contribution < -0.4 is 9.62 Å². The lowest BCUT2D eigenvalue weighted by molar-refractivity contribution is -0.134. The van der Waals surface area contributed by atoms with E-state index in [1.807, 2.05) is 46.9 Å². The zero-order valence-electron chi connectivity index (χ0n) is 18.8. The van der Waals surface area contributed by atoms with Crippen LogP contribution in [0.1, 0.15) is 13.0 Å². The van der Waals surface area contributed by atoms with Crippen molar-refractivity contribution in [3.8, 4) is 0 Å². The number of carbonyl (C=O) groups is 1. The van der Waals surface area contributed by atoms with Crippen molar-refractivity contribution < 1.29 is 13.2 Å². The van der Waals surface area contributed by atoms with Gasteiger partial charge in [0.2, 0.25) is 11.0 Å². The maximum absolute atomic E-state index is 13.2. The number of nitrogens with zero attached hydrogens (tertiary/aromatic N) is 5. The minimum atomic E-state index is -3.72. The van der Waals surface area contributed by atoms with Crippen LogP contribution in [0.15, 0.2) is 65.1 Å². The van der Waals surface area contributed by atoms with Gasteiger partial charge in [-0.2, -0.15) is 0 Å². The van der Waals surface area contributed by atoms with Crippen molar-refractivity contribution in [3.05, 3.63) is 65.3 Å². The van der Waals surface area contributed by atoms with E-state index in [-0.39, 0.29) is 22.0 Å². The Hall–Kier alpha value is -3.15. The van der Waals surface area contributed by atoms with Gasteiger partial charge in [-0.05, 0) is 54.8 Å². The monoisotopic (exact) mass is 530 g/mol. The Labute approximate surface area is 212 Å². The summed E-state index contributed by atoms with van der Waals surface area (Å²) in [5, 5.41) is 9.26. The highest BCUT2D eigenvalue weighted by atomic mass is 35.5. The van der Waals surface area contributed by atoms with Crippen molar-refractivity contribution in [2.75, 3.05) is 35.8 Å². The number of piperazine rings is 1. The summed E-state index contributed by atoms with van der Waals surface area (Å²) >= 11 is 7.28. The summed E-state index contributed by atoms with van der Waals surface area (Å²) in [4.78, 5) is 17.4. The van der Waals surface area contributed by atoms with Gasteiger partial charge in [0.1, 0.15) is 11.6 Å². The second-order valence-electron chi connectivity index (χ2n) is 8.26. The van der Waals surface area contributed by atoms with Gasteiger partial charge in [0.05, 0.1) is 10.4 Å². The Balaban J connectivity index is 1.22. The molecule has 5 rings (SSSR count). The van der Waals surface area contributed by atoms with E-state index < -0.39 is 10.0 Å². The first-order valence-corrected chi connectivity index (χ1v) is 13.7. The highest BCUT2D eigenvalue weighted by Crippen LogP contribution is 2.26. The first-order valence-electron chi connectivity index (χ1n) is 11.0. The normalized spacial score (nSPS) is 15.4. The van der Waals surface area contributed by atoms with Crippen LogP contribution in [0, 0.1) is 0 Å². The Bertz CT molecular complexity index is 1450. The lowest BCUT2D eigenvalue weighted by atomic mass is 10.2. The SMILES string of the molecule is C[C@H](C(=O)N1CCN(c2ccc(S(=O)(=O)Nc3nncs3)cc2)CC1)n1ccc2ccc(Cl)cc21. The van der Waals surface area contributed by atoms with E-state index in [1.165, 1.54) is 5.51 Å². The number of carbonyl (C=O) groups excluding carboxylic acids is 1. The molecule has 3 heterocycles. The van der Waals surface area contributed by atoms with Gasteiger partial charge in [-0.15, -0.1) is 10.2 Å². The fraction of sp³-hybridized carbons (Fsp3) is 0.261. The zero-order chi connectivity index (χ0) is 24.6. The molecule has 1 amide bonds. The predicted molar refractivity (Wildman–Crippen MR) is 138 cm³/mol. The molecule has 35 heavy (non-hydrogen) atoms. The summed E-state index contributed by atoms with van der Waals surface area (Å²) in [5.41, 5.74) is 3.31. The van der Waals surface area contributed by atoms with Crippen LogP contribution in [0.2, 0.25) is 5.02 Å². The molecule has 0 aliphatic carbocycles. The molecule has 0 spiro atoms. The molecule has 1 fully saturated rings. The topological polar surface area (TPSA) is 100 Å². The number of benzene rings is 2. The highest BCUT2D eigenvalue weighted by molar-refractivity contribution is 7.93. The van der Waals surface area contributed by atoms with Crippen molar-refractivity contribution in [3.63, 3.8) is 0 Å². The highest BCUT2D eigenvalue weighted by Gasteiger charge is 2.27. The van der Waals surface area contributed by atoms with Gasteiger partial charge in [0, 0.05) is 43.1 Å². The van der Waals surface area contributed by atoms with Crippen LogP contribution in [0.5, 0.6) is 0 Å². The number of anilines is 2. The third-order valence-electron chi connectivity index (χ3n) is 6.15. The quantitative estimate of drug-likeness (QED) is 0.406. The molecule has 182 valence electrons. The van der Waals surface area contributed by atoms with Gasteiger partial charge in [-0.3, -0.25) is 9.52 Å². The molecule has 2 aromatic heterocycles. The predicted octanol–water partition coefficient (Wildman–Crippen LogP) is 3.86. The van der Waals surface area contributed by atoms with Gasteiger partial charge < -0.3 is 14.4 Å². The maximum atomic E-state index is 13.2. The number of nitrogens with one attached hydrogen (secondary N) is 1. The first-order chi connectivity index (χ1) is 16.8. The smallest absolute Gasteiger partial charge is 0.263 e. The van der Waals surface area contributed by atoms with Crippen molar-refractivity contribution >= 4 is 60.6 Å². The molecule has 12 heteroatoms. The summed E-state index contributed by atoms with van der Waals surface area (Å²) < 4.78 is 29.4. The summed E-state index contributed by atoms with van der Waals surface area (Å²) in [5.74, 6) is 0.0614. The Morgan fingerprint density at radius 3 is 2.51 bits per heavy atom. The van der Waals surface area contributed by atoms with Crippen LogP contribution >= 0.6 is 22.9 Å². The van der Waals surface area contributed by atoms with Crippen LogP contribution in [-0.2, 0) is 14.8 Å². The molecule has 1 aliphatic rings. The molecule has 1 atom stereocenters. The van der Waals surface area contributed by atoms with E-state index in [9.17, 15) is 13.2 Å². The molecule has 0 unspecified atom stereocenters. The lowest BCUT2D eigenvalue weighted by Crippen LogP contribution is -2.50. The number of rotatable bonds is 6. The van der Waals surface area contributed by atoms with Gasteiger partial charge in [-0.25, -0.2) is 8.42 Å². The third kappa shape index (κ3) is 4.84. The summed E-state index contributed by atoms with van der Waals surface area (Å²) in [6.07, 6.45) is 1.93. The Kier molecular flexibility index (Phi) is 6.39. The van der Waals surface area contributed by atoms with Crippen LogP contribution in [0.25, 0.3) is 10.9 Å². The van der Waals surface area contributed by atoms with Crippen molar-refractivity contribution in [2.45, 2.75) is 17.9 Å². The van der Waals surface area contributed by atoms with Gasteiger partial charge >= 0.3 is 0 Å². The minimum absolute atomic E-state index is 0.0614. The van der Waals surface area contributed by atoms with E-state index >= 15 is 0 Å². The number of aromatic nitrogens is 3. The number of hydrogen-bond donors (Lipinski definition) is 1. The van der Waals surface area contributed by atoms with Gasteiger partial charge in [0.15, 0.2) is 0 Å². The van der Waals surface area contributed by atoms with E-state index in [2.05, 4.69) is 19.8 Å². The number of fused-ring (bicyclic) bond motifs is 1. The largest absolute Gasteiger partial charge is 0.368 e. The molecule has 1 saturated heterocycles. The second kappa shape index (κ2) is 9.48. The summed E-state index contributed by atoms with van der Waals surface area (Å²) in [6.45, 7) is 4.39. The van der Waals surface area contributed by atoms with Crippen LogP contribution in [-0.4, -0.2) is 60.2 Å². The first kappa shape index (κ1) is 23.6. The van der Waals surface area contributed by atoms with Crippen LogP contribution in [0.4, 0.5) is 10.8 Å². The lowest BCUT2D eigenvalue weighted by Gasteiger charge is -2.37. The Morgan fingerprint density at radius 1 is 1.09 bits per heavy atom. The van der Waals surface area contributed by atoms with Crippen molar-refractivity contribution in [1.29, 1.82) is 0 Å². The zero-order valence-corrected chi connectivity index (χ0v) is 21.2. The molecule has 1 aliphatic heterocycles. The van der Waals surface area contributed by atoms with E-state index in [0.29, 0.717) is 31.2 Å². The number of halogens is 1. The molecule has 2 aromatic carbocycles. The molecule has 0 radical (unpaired) electrons. The molecule has 0 saturated carbocycles. The van der Waals surface area contributed by atoms with Crippen LogP contribution in [0.3, 0.4) is 0 Å². The van der Waals surface area contributed by atoms with E-state index in [4.69, 9.17) is 11.6 Å². The van der Waals surface area contributed by atoms with Crippen molar-refractivity contribution in [1.82, 2.24) is 19.7 Å². The van der Waals surface area contributed by atoms with E-state index in [1.54, 1.807) is 24.3 Å². The number of sulfonamides is 1. The molecular formula is C23H23ClN6O3S2. The Morgan fingerprint density at radius 2 is 1.83 bits per heavy atom. The molecule has 4 aromatic rings.